The van der Waals surface area contributed by atoms with Crippen LogP contribution in [0.25, 0.3) is 77.2 Å². The van der Waals surface area contributed by atoms with Crippen molar-refractivity contribution in [1.82, 2.24) is 9.13 Å². The van der Waals surface area contributed by atoms with Crippen molar-refractivity contribution in [3.63, 3.8) is 0 Å². The van der Waals surface area contributed by atoms with Crippen molar-refractivity contribution in [2.75, 3.05) is 0 Å². The maximum absolute atomic E-state index is 7.82. The maximum atomic E-state index is 7.82. The van der Waals surface area contributed by atoms with Crippen molar-refractivity contribution >= 4 is 89.8 Å². The fraction of sp³-hybridized carbons (Fsp3) is 0.206. The molecule has 11 aromatic rings. The van der Waals surface area contributed by atoms with Crippen molar-refractivity contribution in [2.45, 2.75) is 92.9 Å². The third-order valence-electron chi connectivity index (χ3n) is 17.5. The molecule has 0 saturated carbocycles. The first-order valence-corrected chi connectivity index (χ1v) is 27.1. The van der Waals surface area contributed by atoms with E-state index in [4.69, 9.17) is 9.47 Å². The van der Waals surface area contributed by atoms with Crippen LogP contribution in [-0.2, 0) is 0 Å². The number of hydrogen-bond acceptors (Lipinski definition) is 2. The zero-order valence-electron chi connectivity index (χ0n) is 44.0. The second kappa shape index (κ2) is 15.4. The molecule has 4 aliphatic rings. The number of benzene rings is 9. The molecule has 0 saturated heterocycles. The van der Waals surface area contributed by atoms with Crippen LogP contribution in [-0.4, -0.2) is 22.6 Å². The van der Waals surface area contributed by atoms with Gasteiger partial charge in [0.15, 0.2) is 0 Å². The van der Waals surface area contributed by atoms with Crippen molar-refractivity contribution in [2.24, 2.45) is 0 Å². The minimum atomic E-state index is -0.153. The standard InChI is InChI=1S/C68H58B2N2O2/c1-35(2)43-19-23-57-49(27-43)51-29-47(37(5)6)33-55-63(51)71(57)65-61-68(74-59-25-21-45(31-53(59)69(55)61)41-15-11-39(9)12-16-41)66-62-67(65)73-60-26-22-46(42-17-13-40(10)14-18-42)32-54(60)70(62)56-34-48(38(7)8)30-52-50-28-44(36(3)4)20-24-58(50)72(66)64(52)56/h11-38H,1-10H3. The number of aryl methyl sites for hydroxylation is 2. The zero-order valence-corrected chi connectivity index (χ0v) is 44.0. The van der Waals surface area contributed by atoms with Gasteiger partial charge >= 0.3 is 0 Å². The maximum Gasteiger partial charge on any atom is 0.256 e. The van der Waals surface area contributed by atoms with E-state index in [0.29, 0.717) is 23.7 Å². The van der Waals surface area contributed by atoms with Crippen LogP contribution in [0.15, 0.2) is 146 Å². The molecule has 0 bridgehead atoms. The summed E-state index contributed by atoms with van der Waals surface area (Å²) in [7, 11) is 0. The lowest BCUT2D eigenvalue weighted by molar-refractivity contribution is 0.472. The molecule has 0 N–H and O–H groups in total. The number of rotatable bonds is 6. The number of fused-ring (bicyclic) bond motifs is 16. The Labute approximate surface area is 434 Å². The summed E-state index contributed by atoms with van der Waals surface area (Å²) in [5, 5.41) is 5.15. The van der Waals surface area contributed by atoms with Gasteiger partial charge in [-0.1, -0.05) is 164 Å². The van der Waals surface area contributed by atoms with Crippen molar-refractivity contribution in [1.29, 1.82) is 0 Å². The third kappa shape index (κ3) is 5.94. The van der Waals surface area contributed by atoms with Gasteiger partial charge in [-0.15, -0.1) is 0 Å². The number of ether oxygens (including phenoxy) is 2. The number of nitrogens with zero attached hydrogens (tertiary/aromatic N) is 2. The summed E-state index contributed by atoms with van der Waals surface area (Å²) in [5.41, 5.74) is 27.1. The summed E-state index contributed by atoms with van der Waals surface area (Å²) in [4.78, 5) is 0. The largest absolute Gasteiger partial charge is 0.456 e. The Balaban J connectivity index is 1.15. The normalized spacial score (nSPS) is 13.6. The average Bonchev–Trinajstić information content (AvgIpc) is 3.91. The fourth-order valence-corrected chi connectivity index (χ4v) is 13.4. The van der Waals surface area contributed by atoms with Crippen molar-refractivity contribution in [3.8, 4) is 56.6 Å². The Kier molecular flexibility index (Phi) is 9.14. The summed E-state index contributed by atoms with van der Waals surface area (Å²) in [6.45, 7) is 22.6. The van der Waals surface area contributed by atoms with Crippen LogP contribution in [0.2, 0.25) is 0 Å². The first kappa shape index (κ1) is 43.9. The van der Waals surface area contributed by atoms with E-state index in [-0.39, 0.29) is 13.4 Å². The van der Waals surface area contributed by atoms with E-state index in [1.807, 2.05) is 0 Å². The molecule has 9 aromatic carbocycles. The van der Waals surface area contributed by atoms with E-state index in [9.17, 15) is 0 Å². The molecule has 6 heteroatoms. The van der Waals surface area contributed by atoms with Crippen LogP contribution in [0.4, 0.5) is 0 Å². The van der Waals surface area contributed by atoms with E-state index in [1.54, 1.807) is 0 Å². The summed E-state index contributed by atoms with van der Waals surface area (Å²) < 4.78 is 20.8. The Morgan fingerprint density at radius 3 is 1.09 bits per heavy atom. The van der Waals surface area contributed by atoms with Gasteiger partial charge in [-0.05, 0) is 152 Å². The third-order valence-corrected chi connectivity index (χ3v) is 17.5. The van der Waals surface area contributed by atoms with Crippen LogP contribution < -0.4 is 42.3 Å². The molecule has 0 aliphatic carbocycles. The average molecular weight is 957 g/mol. The van der Waals surface area contributed by atoms with Gasteiger partial charge in [0.05, 0.1) is 22.4 Å². The molecule has 74 heavy (non-hydrogen) atoms. The molecule has 4 nitrogen and oxygen atoms in total. The summed E-state index contributed by atoms with van der Waals surface area (Å²) in [5.74, 6) is 5.05. The SMILES string of the molecule is Cc1ccc(-c2ccc3c(c2)B2c4c(c5c6c(c4-n4c7ccc(C(C)C)cc7c7cc(C(C)C)cc2c74)Oc2ccc(-c4ccc(C)cc4)cc2B6c2cc(C(C)C)cc4c6cc(C(C)C)ccc6n-5c24)O3)cc1. The fourth-order valence-electron chi connectivity index (χ4n) is 13.4. The van der Waals surface area contributed by atoms with Gasteiger partial charge in [-0.2, -0.15) is 0 Å². The first-order chi connectivity index (χ1) is 35.8. The molecule has 0 atom stereocenters. The predicted molar refractivity (Wildman–Crippen MR) is 314 cm³/mol. The van der Waals surface area contributed by atoms with Crippen molar-refractivity contribution in [3.05, 3.63) is 179 Å². The van der Waals surface area contributed by atoms with Gasteiger partial charge in [0.2, 0.25) is 0 Å². The predicted octanol–water partition coefficient (Wildman–Crippen LogP) is 14.2. The topological polar surface area (TPSA) is 28.3 Å². The Morgan fingerprint density at radius 2 is 0.716 bits per heavy atom. The Bertz CT molecular complexity index is 4010. The van der Waals surface area contributed by atoms with Gasteiger partial charge in [0.25, 0.3) is 13.4 Å². The van der Waals surface area contributed by atoms with E-state index in [1.165, 1.54) is 132 Å². The molecule has 0 spiro atoms. The summed E-state index contributed by atoms with van der Waals surface area (Å²) >= 11 is 0. The molecule has 0 amide bonds. The second-order valence-electron chi connectivity index (χ2n) is 23.3. The van der Waals surface area contributed by atoms with Gasteiger partial charge in [-0.3, -0.25) is 0 Å². The van der Waals surface area contributed by atoms with E-state index < -0.39 is 0 Å². The number of hydrogen-bond donors (Lipinski definition) is 0. The first-order valence-electron chi connectivity index (χ1n) is 27.1. The highest BCUT2D eigenvalue weighted by atomic mass is 16.5. The molecular formula is C68H58B2N2O2. The Morgan fingerprint density at radius 1 is 0.351 bits per heavy atom. The van der Waals surface area contributed by atoms with E-state index >= 15 is 0 Å². The summed E-state index contributed by atoms with van der Waals surface area (Å²) in [6.07, 6.45) is 0. The molecule has 15 rings (SSSR count). The van der Waals surface area contributed by atoms with E-state index in [2.05, 4.69) is 224 Å². The molecular weight excluding hydrogens is 898 g/mol. The molecule has 358 valence electrons. The molecule has 4 aliphatic heterocycles. The quantitative estimate of drug-likeness (QED) is 0.155. The zero-order chi connectivity index (χ0) is 50.3. The monoisotopic (exact) mass is 956 g/mol. The van der Waals surface area contributed by atoms with Crippen LogP contribution in [0, 0.1) is 13.8 Å². The smallest absolute Gasteiger partial charge is 0.256 e. The van der Waals surface area contributed by atoms with Crippen LogP contribution >= 0.6 is 0 Å². The van der Waals surface area contributed by atoms with Crippen LogP contribution in [0.5, 0.6) is 23.0 Å². The molecule has 0 unspecified atom stereocenters. The summed E-state index contributed by atoms with van der Waals surface area (Å²) in [6, 6.07) is 56.3. The number of aromatic nitrogens is 2. The van der Waals surface area contributed by atoms with Gasteiger partial charge < -0.3 is 18.6 Å². The van der Waals surface area contributed by atoms with E-state index in [0.717, 1.165) is 34.4 Å². The molecule has 6 heterocycles. The molecule has 0 fully saturated rings. The second-order valence-corrected chi connectivity index (χ2v) is 23.3. The Hall–Kier alpha value is -7.69. The van der Waals surface area contributed by atoms with Gasteiger partial charge in [0, 0.05) is 43.5 Å². The van der Waals surface area contributed by atoms with Crippen molar-refractivity contribution < 1.29 is 9.47 Å². The highest BCUT2D eigenvalue weighted by Crippen LogP contribution is 2.49. The lowest BCUT2D eigenvalue weighted by Gasteiger charge is -2.41. The minimum absolute atomic E-state index is 0.153. The van der Waals surface area contributed by atoms with Gasteiger partial charge in [0.1, 0.15) is 23.0 Å². The highest BCUT2D eigenvalue weighted by molar-refractivity contribution is 7.02. The minimum Gasteiger partial charge on any atom is -0.456 e. The molecule has 0 radical (unpaired) electrons. The van der Waals surface area contributed by atoms with Crippen LogP contribution in [0.1, 0.15) is 112 Å². The molecule has 2 aromatic heterocycles. The highest BCUT2D eigenvalue weighted by Gasteiger charge is 2.51. The lowest BCUT2D eigenvalue weighted by atomic mass is 9.31. The lowest BCUT2D eigenvalue weighted by Crippen LogP contribution is -2.63. The van der Waals surface area contributed by atoms with Gasteiger partial charge in [-0.25, -0.2) is 0 Å². The van der Waals surface area contributed by atoms with Crippen LogP contribution in [0.3, 0.4) is 0 Å².